The molecule has 0 heterocycles. The molecule has 0 fully saturated rings. The summed E-state index contributed by atoms with van der Waals surface area (Å²) in [6.45, 7) is 35.6. The van der Waals surface area contributed by atoms with Crippen LogP contribution in [0.5, 0.6) is 0 Å². The van der Waals surface area contributed by atoms with E-state index in [1.54, 1.807) is 34.6 Å². The van der Waals surface area contributed by atoms with E-state index in [1.807, 2.05) is 90.0 Å². The topological polar surface area (TPSA) is 410 Å². The SMILES string of the molecule is C.CC(C)C(=O)CC(Br)Br.CC(C)C(=O)CC(C)(Br)Br.CC(C)C(=O)CC(C)(Cl)Cl.CC(C)C(=O)CC(C)(F)F.CC(C)C(=O)CC(C)(I)I.CC(C)C(=O)CC(Cl)Cl.CC(C)C(=O)CC(F)F.CC(C)C(=O)CC(I)I.O=C=O.O=C=O.O=C=O.O=C=O.O=C=O.O=C=O.O=C=O.O=C=O. The maximum Gasteiger partial charge on any atom is 0.373 e. The lowest BCUT2D eigenvalue weighted by molar-refractivity contribution is -0.193. The first-order valence-electron chi connectivity index (χ1n) is 27.6. The van der Waals surface area contributed by atoms with Gasteiger partial charge in [0.05, 0.1) is 23.2 Å². The summed E-state index contributed by atoms with van der Waals surface area (Å²) in [5, 5.41) is 0. The third kappa shape index (κ3) is 207. The molecular weight excluding hydrogens is 2160 g/mol. The fraction of sp³-hybridized carbons (Fsp3) is 0.738. The average Bonchev–Trinajstić information content (AvgIpc) is 1.57. The summed E-state index contributed by atoms with van der Waals surface area (Å²) in [4.78, 5) is 216. The van der Waals surface area contributed by atoms with E-state index < -0.39 is 34.4 Å². The standard InChI is InChI=1S/C7H12Br2O.C7H12Cl2O.C7H12F2O.C7H12I2O.C6H10Br2O.C6H10Cl2O.C6H10F2O.C6H10I2O.8CO2.CH4/c4*1-5(2)6(10)4-7(3,8)9;4*1-4(2)5(9)3-6(7)8;8*2-1-3;/h4*5H,4H2,1-3H3;4*4,6H,3H2,1-2H3;;;;;;;;;1H4. The zero-order valence-electron chi connectivity index (χ0n) is 58.4. The normalized spacial score (nSPS) is 9.35. The third-order valence-electron chi connectivity index (χ3n) is 8.51. The second-order valence-electron chi connectivity index (χ2n) is 21.0. The number of hydrogen-bond donors (Lipinski definition) is 0. The first-order chi connectivity index (χ1) is 44.8. The van der Waals surface area contributed by atoms with Crippen molar-refractivity contribution in [3.63, 3.8) is 0 Å². The number of halogens is 16. The van der Waals surface area contributed by atoms with Crippen molar-refractivity contribution < 1.29 is 133 Å². The molecule has 0 aliphatic carbocycles. The van der Waals surface area contributed by atoms with Gasteiger partial charge in [0.15, 0.2) is 0 Å². The number of ketones is 8. The number of carbonyl (C=O) groups is 8. The van der Waals surface area contributed by atoms with Crippen LogP contribution in [0.3, 0.4) is 0 Å². The fourth-order valence-electron chi connectivity index (χ4n) is 3.59. The van der Waals surface area contributed by atoms with Crippen molar-refractivity contribution in [2.24, 2.45) is 47.3 Å². The molecule has 0 unspecified atom stereocenters. The Hall–Kier alpha value is -1.88. The molecule has 0 rings (SSSR count). The van der Waals surface area contributed by atoms with E-state index in [9.17, 15) is 55.9 Å². The predicted molar refractivity (Wildman–Crippen MR) is 411 cm³/mol. The predicted octanol–water partition coefficient (Wildman–Crippen LogP) is 17.1. The Morgan fingerprint density at radius 2 is 0.554 bits per heavy atom. The highest BCUT2D eigenvalue weighted by molar-refractivity contribution is 14.2. The summed E-state index contributed by atoms with van der Waals surface area (Å²) in [6, 6.07) is 0. The third-order valence-corrected chi connectivity index (χ3v) is 11.9. The van der Waals surface area contributed by atoms with Crippen LogP contribution in [0.1, 0.15) is 197 Å². The van der Waals surface area contributed by atoms with Gasteiger partial charge in [0.2, 0.25) is 6.43 Å². The molecule has 0 aliphatic heterocycles. The van der Waals surface area contributed by atoms with Crippen LogP contribution in [0, 0.1) is 47.3 Å². The van der Waals surface area contributed by atoms with Gasteiger partial charge in [-0.25, -0.2) is 17.6 Å². The lowest BCUT2D eigenvalue weighted by atomic mass is 10.0. The van der Waals surface area contributed by atoms with E-state index in [0.717, 1.165) is 6.92 Å². The summed E-state index contributed by atoms with van der Waals surface area (Å²) in [6.07, 6.45) is 1.25. The largest absolute Gasteiger partial charge is 0.373 e. The summed E-state index contributed by atoms with van der Waals surface area (Å²) in [7, 11) is 0. The maximum absolute atomic E-state index is 12.1. The number of Topliss-reactive ketones (excluding diaryl/α,β-unsaturated/α-hetero) is 8. The molecule has 0 aromatic carbocycles. The highest BCUT2D eigenvalue weighted by Gasteiger charge is 2.27. The molecule has 0 aliphatic rings. The van der Waals surface area contributed by atoms with E-state index in [0.29, 0.717) is 39.2 Å². The zero-order valence-corrected chi connectivity index (χ0v) is 76.4. The first kappa shape index (κ1) is 142. The molecule has 0 bridgehead atoms. The van der Waals surface area contributed by atoms with E-state index in [4.69, 9.17) is 123 Å². The minimum absolute atomic E-state index is 0. The van der Waals surface area contributed by atoms with Crippen LogP contribution in [0.25, 0.3) is 0 Å². The molecule has 24 nitrogen and oxygen atoms in total. The molecule has 0 aromatic heterocycles. The molecular formula is C61H92Br4Cl4F4I4O24. The molecule has 101 heavy (non-hydrogen) atoms. The van der Waals surface area contributed by atoms with Gasteiger partial charge in [-0.2, -0.15) is 76.7 Å². The van der Waals surface area contributed by atoms with Crippen molar-refractivity contribution in [3.05, 3.63) is 0 Å². The monoisotopic (exact) mass is 2250 g/mol. The highest BCUT2D eigenvalue weighted by Crippen LogP contribution is 2.32. The summed E-state index contributed by atoms with van der Waals surface area (Å²) >= 11 is 44.2. The molecule has 592 valence electrons. The lowest BCUT2D eigenvalue weighted by Gasteiger charge is -2.13. The zero-order chi connectivity index (χ0) is 84.9. The Morgan fingerprint density at radius 1 is 0.366 bits per heavy atom. The smallest absolute Gasteiger partial charge is 0.299 e. The Bertz CT molecular complexity index is 2030. The van der Waals surface area contributed by atoms with Crippen molar-refractivity contribution in [1.82, 2.24) is 0 Å². The van der Waals surface area contributed by atoms with Gasteiger partial charge in [-0.15, -0.1) is 46.4 Å². The van der Waals surface area contributed by atoms with Gasteiger partial charge in [0.1, 0.15) is 55.4 Å². The average molecular weight is 2250 g/mol. The summed E-state index contributed by atoms with van der Waals surface area (Å²) in [5.41, 5.74) is 0. The number of alkyl halides is 16. The van der Waals surface area contributed by atoms with Crippen LogP contribution in [-0.4, -0.2) is 127 Å². The van der Waals surface area contributed by atoms with Crippen LogP contribution >= 0.6 is 200 Å². The van der Waals surface area contributed by atoms with Crippen molar-refractivity contribution in [1.29, 1.82) is 0 Å². The summed E-state index contributed by atoms with van der Waals surface area (Å²) < 4.78 is 46.6. The second kappa shape index (κ2) is 96.1. The molecule has 0 saturated carbocycles. The van der Waals surface area contributed by atoms with Gasteiger partial charge in [-0.3, -0.25) is 38.4 Å². The Morgan fingerprint density at radius 3 is 0.634 bits per heavy atom. The minimum atomic E-state index is -2.85. The number of hydrogen-bond acceptors (Lipinski definition) is 24. The number of carbonyl (C=O) groups excluding carboxylic acids is 24. The quantitative estimate of drug-likeness (QED) is 0.0492. The Labute approximate surface area is 697 Å². The van der Waals surface area contributed by atoms with Crippen molar-refractivity contribution in [2.75, 3.05) is 0 Å². The van der Waals surface area contributed by atoms with Gasteiger partial charge >= 0.3 is 49.2 Å². The van der Waals surface area contributed by atoms with Crippen molar-refractivity contribution in [3.8, 4) is 0 Å². The molecule has 0 amide bonds. The summed E-state index contributed by atoms with van der Waals surface area (Å²) in [5.74, 6) is -1.90. The molecule has 0 radical (unpaired) electrons. The highest BCUT2D eigenvalue weighted by atomic mass is 127. The first-order valence-corrected chi connectivity index (χ1v) is 37.3. The van der Waals surface area contributed by atoms with Gasteiger partial charge in [0.25, 0.3) is 5.92 Å². The second-order valence-corrected chi connectivity index (χ2v) is 44.4. The maximum atomic E-state index is 12.1. The van der Waals surface area contributed by atoms with Crippen molar-refractivity contribution in [2.45, 2.75) is 229 Å². The van der Waals surface area contributed by atoms with Gasteiger partial charge in [-0.05, 0) is 27.7 Å². The van der Waals surface area contributed by atoms with Crippen molar-refractivity contribution >= 4 is 296 Å². The molecule has 0 atom stereocenters. The van der Waals surface area contributed by atoms with Gasteiger partial charge < -0.3 is 0 Å². The van der Waals surface area contributed by atoms with E-state index in [-0.39, 0.29) is 160 Å². The van der Waals surface area contributed by atoms with E-state index >= 15 is 0 Å². The minimum Gasteiger partial charge on any atom is -0.299 e. The van der Waals surface area contributed by atoms with Crippen LogP contribution in [0.4, 0.5) is 17.6 Å². The molecule has 0 spiro atoms. The van der Waals surface area contributed by atoms with Crippen LogP contribution in [0.15, 0.2) is 0 Å². The lowest BCUT2D eigenvalue weighted by Crippen LogP contribution is -2.19. The Kier molecular flexibility index (Phi) is 135. The van der Waals surface area contributed by atoms with Crippen LogP contribution in [-0.2, 0) is 115 Å². The van der Waals surface area contributed by atoms with E-state index in [2.05, 4.69) is 161 Å². The fourth-order valence-corrected chi connectivity index (χ4v) is 6.97. The van der Waals surface area contributed by atoms with Gasteiger partial charge in [0, 0.05) is 85.9 Å². The molecule has 0 saturated heterocycles. The molecule has 40 heteroatoms. The van der Waals surface area contributed by atoms with Crippen LogP contribution in [0.2, 0.25) is 0 Å². The van der Waals surface area contributed by atoms with Gasteiger partial charge in [-0.1, -0.05) is 272 Å². The Balaban J connectivity index is -0.0000000508. The van der Waals surface area contributed by atoms with Crippen LogP contribution < -0.4 is 0 Å². The number of rotatable bonds is 24. The van der Waals surface area contributed by atoms with E-state index in [1.165, 1.54) is 0 Å². The molecule has 0 aromatic rings. The molecule has 0 N–H and O–H groups in total.